The molecular formula is C7H11. The van der Waals surface area contributed by atoms with Gasteiger partial charge in [-0.2, -0.15) is 0 Å². The molecule has 0 amide bonds. The van der Waals surface area contributed by atoms with Gasteiger partial charge in [-0.25, -0.2) is 0 Å². The highest BCUT2D eigenvalue weighted by Gasteiger charge is 2.02. The van der Waals surface area contributed by atoms with Gasteiger partial charge < -0.3 is 0 Å². The van der Waals surface area contributed by atoms with Crippen LogP contribution in [0.3, 0.4) is 0 Å². The van der Waals surface area contributed by atoms with Crippen molar-refractivity contribution in [3.8, 4) is 0 Å². The van der Waals surface area contributed by atoms with Gasteiger partial charge in [0.25, 0.3) is 0 Å². The molecule has 0 heterocycles. The second kappa shape index (κ2) is 2.15. The zero-order chi connectivity index (χ0) is 5.11. The predicted molar refractivity (Wildman–Crippen MR) is 31.9 cm³/mol. The molecule has 0 spiro atoms. The van der Waals surface area contributed by atoms with E-state index in [2.05, 4.69) is 19.4 Å². The highest BCUT2D eigenvalue weighted by molar-refractivity contribution is 5.24. The lowest BCUT2D eigenvalue weighted by molar-refractivity contribution is 0.862. The third-order valence-electron chi connectivity index (χ3n) is 1.30. The zero-order valence-electron chi connectivity index (χ0n) is 4.78. The molecule has 0 N–H and O–H groups in total. The van der Waals surface area contributed by atoms with Gasteiger partial charge in [-0.3, -0.25) is 0 Å². The molecule has 0 nitrogen and oxygen atoms in total. The van der Waals surface area contributed by atoms with Crippen molar-refractivity contribution in [1.82, 2.24) is 0 Å². The van der Waals surface area contributed by atoms with Crippen LogP contribution in [0.4, 0.5) is 0 Å². The van der Waals surface area contributed by atoms with E-state index in [1.807, 2.05) is 0 Å². The Morgan fingerprint density at radius 3 is 2.57 bits per heavy atom. The van der Waals surface area contributed by atoms with Crippen LogP contribution in [0.15, 0.2) is 11.6 Å². The van der Waals surface area contributed by atoms with Gasteiger partial charge in [0.2, 0.25) is 0 Å². The molecule has 1 aliphatic carbocycles. The lowest BCUT2D eigenvalue weighted by Crippen LogP contribution is -1.92. The van der Waals surface area contributed by atoms with E-state index < -0.39 is 0 Å². The molecule has 7 heavy (non-hydrogen) atoms. The third-order valence-corrected chi connectivity index (χ3v) is 1.30. The molecular weight excluding hydrogens is 84.1 g/mol. The van der Waals surface area contributed by atoms with Crippen LogP contribution in [0.2, 0.25) is 0 Å². The summed E-state index contributed by atoms with van der Waals surface area (Å²) in [5.74, 6) is 0. The molecule has 0 saturated carbocycles. The van der Waals surface area contributed by atoms with E-state index in [0.29, 0.717) is 0 Å². The van der Waals surface area contributed by atoms with Crippen molar-refractivity contribution in [1.29, 1.82) is 0 Å². The molecule has 0 fully saturated rings. The highest BCUT2D eigenvalue weighted by Crippen LogP contribution is 2.20. The van der Waals surface area contributed by atoms with Crippen molar-refractivity contribution in [3.05, 3.63) is 18.1 Å². The monoisotopic (exact) mass is 95.1 g/mol. The van der Waals surface area contributed by atoms with Crippen LogP contribution >= 0.6 is 0 Å². The van der Waals surface area contributed by atoms with Gasteiger partial charge in [0.15, 0.2) is 0 Å². The first-order chi connectivity index (χ1) is 3.43. The van der Waals surface area contributed by atoms with Crippen LogP contribution in [0.25, 0.3) is 0 Å². The van der Waals surface area contributed by atoms with Crippen LogP contribution in [-0.4, -0.2) is 0 Å². The van der Waals surface area contributed by atoms with Crippen molar-refractivity contribution in [3.63, 3.8) is 0 Å². The molecule has 0 aromatic heterocycles. The second-order valence-electron chi connectivity index (χ2n) is 1.97. The van der Waals surface area contributed by atoms with Crippen LogP contribution < -0.4 is 0 Å². The Labute approximate surface area is 45.2 Å². The zero-order valence-corrected chi connectivity index (χ0v) is 4.78. The number of hydrogen-bond acceptors (Lipinski definition) is 0. The van der Waals surface area contributed by atoms with Gasteiger partial charge in [0, 0.05) is 0 Å². The van der Waals surface area contributed by atoms with Gasteiger partial charge in [-0.05, 0) is 19.3 Å². The van der Waals surface area contributed by atoms with Gasteiger partial charge in [0.1, 0.15) is 0 Å². The van der Waals surface area contributed by atoms with Crippen molar-refractivity contribution in [2.24, 2.45) is 0 Å². The van der Waals surface area contributed by atoms with Crippen LogP contribution in [-0.2, 0) is 0 Å². The topological polar surface area (TPSA) is 0 Å². The summed E-state index contributed by atoms with van der Waals surface area (Å²) in [6.07, 6.45) is 8.39. The summed E-state index contributed by atoms with van der Waals surface area (Å²) < 4.78 is 0. The van der Waals surface area contributed by atoms with Gasteiger partial charge in [0.05, 0.1) is 0 Å². The second-order valence-corrected chi connectivity index (χ2v) is 1.97. The van der Waals surface area contributed by atoms with Crippen molar-refractivity contribution < 1.29 is 0 Å². The maximum Gasteiger partial charge on any atom is -0.01000 e. The Hall–Kier alpha value is -0.260. The smallest absolute Gasteiger partial charge is 0.01000 e. The summed E-state index contributed by atoms with van der Waals surface area (Å²) in [5, 5.41) is 0. The Morgan fingerprint density at radius 2 is 2.43 bits per heavy atom. The third kappa shape index (κ3) is 1.05. The highest BCUT2D eigenvalue weighted by atomic mass is 14.1. The lowest BCUT2D eigenvalue weighted by atomic mass is 9.95. The molecule has 0 aromatic rings. The Bertz CT molecular complexity index is 80.0. The first-order valence-electron chi connectivity index (χ1n) is 2.95. The molecule has 0 aromatic carbocycles. The fraction of sp³-hybridized carbons (Fsp3) is 0.571. The fourth-order valence-corrected chi connectivity index (χ4v) is 0.777. The predicted octanol–water partition coefficient (Wildman–Crippen LogP) is 2.32. The van der Waals surface area contributed by atoms with Gasteiger partial charge >= 0.3 is 0 Å². The Balaban J connectivity index is 2.15. The first-order valence-corrected chi connectivity index (χ1v) is 2.95. The molecule has 0 atom stereocenters. The fourth-order valence-electron chi connectivity index (χ4n) is 0.777. The van der Waals surface area contributed by atoms with E-state index in [1.165, 1.54) is 19.3 Å². The largest absolute Gasteiger partial charge is 0.0844 e. The maximum atomic E-state index is 2.30. The molecule has 0 saturated heterocycles. The van der Waals surface area contributed by atoms with Crippen LogP contribution in [0, 0.1) is 6.42 Å². The van der Waals surface area contributed by atoms with Crippen molar-refractivity contribution >= 4 is 0 Å². The molecule has 1 radical (unpaired) electrons. The molecule has 0 unspecified atom stereocenters. The minimum absolute atomic E-state index is 1.22. The summed E-state index contributed by atoms with van der Waals surface area (Å²) >= 11 is 0. The van der Waals surface area contributed by atoms with E-state index in [4.69, 9.17) is 0 Å². The van der Waals surface area contributed by atoms with E-state index in [1.54, 1.807) is 5.57 Å². The minimum Gasteiger partial charge on any atom is -0.0844 e. The molecule has 0 aliphatic heterocycles. The summed E-state index contributed by atoms with van der Waals surface area (Å²) in [5.41, 5.74) is 1.56. The Morgan fingerprint density at radius 1 is 1.71 bits per heavy atom. The van der Waals surface area contributed by atoms with E-state index in [-0.39, 0.29) is 0 Å². The van der Waals surface area contributed by atoms with E-state index in [9.17, 15) is 0 Å². The summed E-state index contributed by atoms with van der Waals surface area (Å²) in [7, 11) is 0. The van der Waals surface area contributed by atoms with E-state index in [0.717, 1.165) is 0 Å². The van der Waals surface area contributed by atoms with Crippen molar-refractivity contribution in [2.75, 3.05) is 0 Å². The number of allylic oxidation sites excluding steroid dienone is 2. The van der Waals surface area contributed by atoms with Crippen molar-refractivity contribution in [2.45, 2.75) is 26.2 Å². The number of rotatable bonds is 2. The van der Waals surface area contributed by atoms with E-state index >= 15 is 0 Å². The van der Waals surface area contributed by atoms with Gasteiger partial charge in [-0.15, -0.1) is 0 Å². The van der Waals surface area contributed by atoms with Gasteiger partial charge in [-0.1, -0.05) is 25.0 Å². The average molecular weight is 95.2 g/mol. The molecule has 0 heteroatoms. The first kappa shape index (κ1) is 4.89. The summed E-state index contributed by atoms with van der Waals surface area (Å²) in [6, 6.07) is 0. The molecule has 1 aliphatic rings. The molecule has 39 valence electrons. The van der Waals surface area contributed by atoms with Crippen LogP contribution in [0.5, 0.6) is 0 Å². The SMILES string of the molecule is CCCC1=CC[CH]1. The standard InChI is InChI=1S/C7H11/c1-2-4-7-5-3-6-7/h5-6H,2-4H2,1H3. The minimum atomic E-state index is 1.22. The normalized spacial score (nSPS) is 18.1. The maximum absolute atomic E-state index is 2.30. The quantitative estimate of drug-likeness (QED) is 0.493. The molecule has 1 rings (SSSR count). The molecule has 0 bridgehead atoms. The summed E-state index contributed by atoms with van der Waals surface area (Å²) in [6.45, 7) is 2.22. The van der Waals surface area contributed by atoms with Crippen LogP contribution in [0.1, 0.15) is 26.2 Å². The lowest BCUT2D eigenvalue weighted by Gasteiger charge is -2.11. The average Bonchev–Trinajstić information content (AvgIpc) is 1.55. The summed E-state index contributed by atoms with van der Waals surface area (Å²) in [4.78, 5) is 0. The Kier molecular flexibility index (Phi) is 1.50. The number of hydrogen-bond donors (Lipinski definition) is 0.